The lowest BCUT2D eigenvalue weighted by molar-refractivity contribution is -0.135. The number of nitrogens with one attached hydrogen (secondary N) is 1. The Morgan fingerprint density at radius 1 is 1.14 bits per heavy atom. The van der Waals surface area contributed by atoms with Crippen LogP contribution in [0.1, 0.15) is 34.3 Å². The van der Waals surface area contributed by atoms with E-state index >= 15 is 0 Å². The van der Waals surface area contributed by atoms with Crippen LogP contribution in [0.5, 0.6) is 0 Å². The van der Waals surface area contributed by atoms with Gasteiger partial charge in [-0.1, -0.05) is 29.8 Å². The van der Waals surface area contributed by atoms with Crippen LogP contribution in [0.25, 0.3) is 0 Å². The van der Waals surface area contributed by atoms with Crippen LogP contribution in [0.15, 0.2) is 40.2 Å². The maximum atomic E-state index is 12.3. The summed E-state index contributed by atoms with van der Waals surface area (Å²) in [5.41, 5.74) is 2.11. The molecule has 1 saturated heterocycles. The van der Waals surface area contributed by atoms with Crippen LogP contribution in [0.4, 0.5) is 0 Å². The van der Waals surface area contributed by atoms with Crippen molar-refractivity contribution < 1.29 is 9.59 Å². The predicted octanol–water partition coefficient (Wildman–Crippen LogP) is 3.73. The van der Waals surface area contributed by atoms with Gasteiger partial charge < -0.3 is 0 Å². The molecular weight excluding hydrogens is 350 g/mol. The number of amides is 2. The average Bonchev–Trinajstić information content (AvgIpc) is 2.86. The van der Waals surface area contributed by atoms with E-state index in [1.807, 2.05) is 43.3 Å². The first-order chi connectivity index (χ1) is 10.0. The number of aryl methyl sites for hydroxylation is 1. The number of hydrogen-bond acceptors (Lipinski definition) is 3. The second-order valence-electron chi connectivity index (χ2n) is 5.25. The van der Waals surface area contributed by atoms with Gasteiger partial charge in [0.25, 0.3) is 0 Å². The van der Waals surface area contributed by atoms with Crippen LogP contribution in [0, 0.1) is 6.92 Å². The van der Waals surface area contributed by atoms with E-state index in [1.54, 1.807) is 11.3 Å². The van der Waals surface area contributed by atoms with Gasteiger partial charge in [0.05, 0.1) is 9.70 Å². The number of piperidine rings is 1. The number of hydrogen-bond donors (Lipinski definition) is 1. The van der Waals surface area contributed by atoms with E-state index in [9.17, 15) is 9.59 Å². The number of rotatable bonds is 2. The Bertz CT molecular complexity index is 693. The lowest BCUT2D eigenvalue weighted by atomic mass is 9.79. The second kappa shape index (κ2) is 5.73. The van der Waals surface area contributed by atoms with Gasteiger partial charge in [-0.15, -0.1) is 11.3 Å². The Hall–Kier alpha value is -1.46. The summed E-state index contributed by atoms with van der Waals surface area (Å²) in [4.78, 5) is 25.2. The zero-order valence-corrected chi connectivity index (χ0v) is 13.8. The number of carbonyl (C=O) groups excluding carboxylic acids is 2. The third-order valence-electron chi connectivity index (χ3n) is 3.75. The number of carbonyl (C=O) groups is 2. The number of halogens is 1. The van der Waals surface area contributed by atoms with E-state index in [1.165, 1.54) is 0 Å². The van der Waals surface area contributed by atoms with Gasteiger partial charge in [-0.3, -0.25) is 14.9 Å². The number of imide groups is 1. The van der Waals surface area contributed by atoms with Crippen molar-refractivity contribution in [3.63, 3.8) is 0 Å². The molecule has 2 amide bonds. The van der Waals surface area contributed by atoms with E-state index in [-0.39, 0.29) is 23.7 Å². The summed E-state index contributed by atoms with van der Waals surface area (Å²) < 4.78 is 1.01. The summed E-state index contributed by atoms with van der Waals surface area (Å²) in [6, 6.07) is 11.9. The Morgan fingerprint density at radius 3 is 2.48 bits per heavy atom. The molecule has 1 N–H and O–H groups in total. The van der Waals surface area contributed by atoms with Crippen LogP contribution in [0.2, 0.25) is 0 Å². The van der Waals surface area contributed by atoms with E-state index in [4.69, 9.17) is 0 Å². The van der Waals surface area contributed by atoms with E-state index in [2.05, 4.69) is 21.2 Å². The summed E-state index contributed by atoms with van der Waals surface area (Å²) in [6.07, 6.45) is 0.344. The number of thiophene rings is 1. The molecule has 21 heavy (non-hydrogen) atoms. The fraction of sp³-hybridized carbons (Fsp3) is 0.250. The molecule has 0 saturated carbocycles. The molecule has 3 rings (SSSR count). The van der Waals surface area contributed by atoms with E-state index < -0.39 is 0 Å². The highest BCUT2D eigenvalue weighted by Gasteiger charge is 2.38. The molecule has 1 aromatic heterocycles. The fourth-order valence-corrected chi connectivity index (χ4v) is 4.28. The molecule has 0 aliphatic carbocycles. The van der Waals surface area contributed by atoms with Gasteiger partial charge in [-0.05, 0) is 40.5 Å². The monoisotopic (exact) mass is 363 g/mol. The molecule has 1 aliphatic heterocycles. The molecule has 1 aliphatic rings. The minimum Gasteiger partial charge on any atom is -0.296 e. The number of benzene rings is 1. The van der Waals surface area contributed by atoms with Gasteiger partial charge in [-0.2, -0.15) is 0 Å². The molecule has 2 unspecified atom stereocenters. The van der Waals surface area contributed by atoms with E-state index in [0.29, 0.717) is 6.42 Å². The van der Waals surface area contributed by atoms with Crippen molar-refractivity contribution in [3.8, 4) is 0 Å². The smallest absolute Gasteiger partial charge is 0.234 e. The molecule has 108 valence electrons. The van der Waals surface area contributed by atoms with Crippen LogP contribution in [0.3, 0.4) is 0 Å². The molecule has 3 nitrogen and oxygen atoms in total. The van der Waals surface area contributed by atoms with Crippen LogP contribution in [-0.2, 0) is 9.59 Å². The Balaban J connectivity index is 2.02. The maximum absolute atomic E-state index is 12.3. The fourth-order valence-electron chi connectivity index (χ4n) is 2.72. The van der Waals surface area contributed by atoms with Gasteiger partial charge >= 0.3 is 0 Å². The first kappa shape index (κ1) is 14.5. The first-order valence-corrected chi connectivity index (χ1v) is 8.31. The highest BCUT2D eigenvalue weighted by atomic mass is 79.9. The van der Waals surface area contributed by atoms with Gasteiger partial charge in [-0.25, -0.2) is 0 Å². The molecule has 1 aromatic carbocycles. The minimum absolute atomic E-state index is 0.0924. The molecule has 0 spiro atoms. The summed E-state index contributed by atoms with van der Waals surface area (Å²) >= 11 is 5.03. The van der Waals surface area contributed by atoms with Crippen LogP contribution < -0.4 is 5.32 Å². The molecule has 2 atom stereocenters. The average molecular weight is 364 g/mol. The van der Waals surface area contributed by atoms with Crippen LogP contribution in [-0.4, -0.2) is 11.8 Å². The highest BCUT2D eigenvalue weighted by molar-refractivity contribution is 9.11. The molecule has 5 heteroatoms. The normalized spacial score (nSPS) is 22.2. The summed E-state index contributed by atoms with van der Waals surface area (Å²) in [6.45, 7) is 2.02. The zero-order valence-electron chi connectivity index (χ0n) is 11.4. The van der Waals surface area contributed by atoms with Crippen molar-refractivity contribution in [2.75, 3.05) is 0 Å². The first-order valence-electron chi connectivity index (χ1n) is 6.70. The van der Waals surface area contributed by atoms with Crippen molar-refractivity contribution in [1.82, 2.24) is 5.32 Å². The molecule has 0 bridgehead atoms. The minimum atomic E-state index is -0.311. The summed E-state index contributed by atoms with van der Waals surface area (Å²) in [5.74, 6) is -0.804. The van der Waals surface area contributed by atoms with Gasteiger partial charge in [0, 0.05) is 17.2 Å². The van der Waals surface area contributed by atoms with Crippen molar-refractivity contribution in [2.45, 2.75) is 25.2 Å². The Kier molecular flexibility index (Phi) is 3.95. The van der Waals surface area contributed by atoms with Gasteiger partial charge in [0.15, 0.2) is 0 Å². The third-order valence-corrected chi connectivity index (χ3v) is 5.50. The quantitative estimate of drug-likeness (QED) is 0.826. The summed E-state index contributed by atoms with van der Waals surface area (Å²) in [7, 11) is 0. The highest BCUT2D eigenvalue weighted by Crippen LogP contribution is 2.42. The van der Waals surface area contributed by atoms with Crippen molar-refractivity contribution in [2.24, 2.45) is 0 Å². The standard InChI is InChI=1S/C16H14BrNO2S/c1-9-2-4-10(5-3-9)15-11(8-14(19)18-16(15)20)12-6-7-13(17)21-12/h2-7,11,15H,8H2,1H3,(H,18,19,20). The lowest BCUT2D eigenvalue weighted by Gasteiger charge is -2.29. The molecular formula is C16H14BrNO2S. The molecule has 2 aromatic rings. The van der Waals surface area contributed by atoms with Gasteiger partial charge in [0.1, 0.15) is 0 Å². The third kappa shape index (κ3) is 2.94. The van der Waals surface area contributed by atoms with Gasteiger partial charge in [0.2, 0.25) is 11.8 Å². The molecule has 2 heterocycles. The predicted molar refractivity (Wildman–Crippen MR) is 86.4 cm³/mol. The van der Waals surface area contributed by atoms with Crippen LogP contribution >= 0.6 is 27.3 Å². The summed E-state index contributed by atoms with van der Waals surface area (Å²) in [5, 5.41) is 2.46. The topological polar surface area (TPSA) is 46.2 Å². The zero-order chi connectivity index (χ0) is 15.0. The van der Waals surface area contributed by atoms with Crippen molar-refractivity contribution in [3.05, 3.63) is 56.2 Å². The van der Waals surface area contributed by atoms with E-state index in [0.717, 1.165) is 19.8 Å². The molecule has 0 radical (unpaired) electrons. The SMILES string of the molecule is Cc1ccc(C2C(=O)NC(=O)CC2c2ccc(Br)s2)cc1. The Labute approximate surface area is 135 Å². The Morgan fingerprint density at radius 2 is 1.86 bits per heavy atom. The van der Waals surface area contributed by atoms with Crippen molar-refractivity contribution in [1.29, 1.82) is 0 Å². The largest absolute Gasteiger partial charge is 0.296 e. The lowest BCUT2D eigenvalue weighted by Crippen LogP contribution is -2.43. The molecule has 1 fully saturated rings. The maximum Gasteiger partial charge on any atom is 0.234 e. The second-order valence-corrected chi connectivity index (χ2v) is 7.75. The van der Waals surface area contributed by atoms with Crippen molar-refractivity contribution >= 4 is 39.1 Å².